The lowest BCUT2D eigenvalue weighted by Crippen LogP contribution is -2.30. The average Bonchev–Trinajstić information content (AvgIpc) is 3.16. The standard InChI is InChI=1S/C20H18N2O4/c1-26-20(23)17-7-3-6-16-14-4-2-5-15(14)18(21-19(16)17)12-8-10-13(11-9-12)22(24)25/h2-4,6-11,14-15,18,21H,5H2,1H3/t14-,15+,18-/m1/s1. The first kappa shape index (κ1) is 16.3. The van der Waals surface area contributed by atoms with Crippen LogP contribution in [0.15, 0.2) is 54.6 Å². The van der Waals surface area contributed by atoms with E-state index >= 15 is 0 Å². The van der Waals surface area contributed by atoms with Crippen LogP contribution in [0.2, 0.25) is 0 Å². The maximum Gasteiger partial charge on any atom is 0.339 e. The van der Waals surface area contributed by atoms with Crippen LogP contribution in [0.25, 0.3) is 0 Å². The Morgan fingerprint density at radius 1 is 1.23 bits per heavy atom. The number of ether oxygens (including phenoxy) is 1. The lowest BCUT2D eigenvalue weighted by Gasteiger charge is -2.38. The van der Waals surface area contributed by atoms with Crippen molar-refractivity contribution in [3.63, 3.8) is 0 Å². The van der Waals surface area contributed by atoms with Crippen LogP contribution < -0.4 is 5.32 Å². The molecule has 1 aliphatic heterocycles. The Morgan fingerprint density at radius 2 is 2.00 bits per heavy atom. The Balaban J connectivity index is 1.78. The van der Waals surface area contributed by atoms with Crippen LogP contribution >= 0.6 is 0 Å². The second-order valence-electron chi connectivity index (χ2n) is 6.59. The van der Waals surface area contributed by atoms with Gasteiger partial charge in [0.1, 0.15) is 0 Å². The van der Waals surface area contributed by atoms with Crippen molar-refractivity contribution >= 4 is 17.3 Å². The summed E-state index contributed by atoms with van der Waals surface area (Å²) in [6.07, 6.45) is 5.26. The van der Waals surface area contributed by atoms with Crippen LogP contribution in [-0.4, -0.2) is 18.0 Å². The number of para-hydroxylation sites is 1. The topological polar surface area (TPSA) is 81.5 Å². The van der Waals surface area contributed by atoms with Gasteiger partial charge in [0.25, 0.3) is 5.69 Å². The van der Waals surface area contributed by atoms with Crippen LogP contribution in [-0.2, 0) is 4.74 Å². The summed E-state index contributed by atoms with van der Waals surface area (Å²) in [4.78, 5) is 22.7. The predicted octanol–water partition coefficient (Wildman–Crippen LogP) is 4.21. The van der Waals surface area contributed by atoms with Crippen molar-refractivity contribution < 1.29 is 14.5 Å². The van der Waals surface area contributed by atoms with Crippen LogP contribution in [0, 0.1) is 16.0 Å². The maximum atomic E-state index is 12.2. The molecule has 0 bridgehead atoms. The van der Waals surface area contributed by atoms with E-state index in [1.807, 2.05) is 12.1 Å². The number of methoxy groups -OCH3 is 1. The van der Waals surface area contributed by atoms with Crippen molar-refractivity contribution in [2.75, 3.05) is 12.4 Å². The van der Waals surface area contributed by atoms with E-state index in [9.17, 15) is 14.9 Å². The normalized spacial score (nSPS) is 22.9. The number of hydrogen-bond donors (Lipinski definition) is 1. The Kier molecular flexibility index (Phi) is 3.95. The van der Waals surface area contributed by atoms with Crippen molar-refractivity contribution in [2.45, 2.75) is 18.4 Å². The molecule has 4 rings (SSSR count). The van der Waals surface area contributed by atoms with Crippen LogP contribution in [0.4, 0.5) is 11.4 Å². The number of esters is 1. The molecule has 1 N–H and O–H groups in total. The third kappa shape index (κ3) is 2.54. The lowest BCUT2D eigenvalue weighted by atomic mass is 9.76. The fourth-order valence-electron chi connectivity index (χ4n) is 4.03. The Morgan fingerprint density at radius 3 is 2.69 bits per heavy atom. The van der Waals surface area contributed by atoms with E-state index in [2.05, 4.69) is 17.5 Å². The number of rotatable bonds is 3. The monoisotopic (exact) mass is 350 g/mol. The van der Waals surface area contributed by atoms with E-state index < -0.39 is 4.92 Å². The molecule has 0 saturated carbocycles. The van der Waals surface area contributed by atoms with Gasteiger partial charge in [0.05, 0.1) is 29.3 Å². The number of carbonyl (C=O) groups is 1. The second kappa shape index (κ2) is 6.29. The zero-order valence-corrected chi connectivity index (χ0v) is 14.2. The number of carbonyl (C=O) groups excluding carboxylic acids is 1. The summed E-state index contributed by atoms with van der Waals surface area (Å²) in [6.45, 7) is 0. The third-order valence-corrected chi connectivity index (χ3v) is 5.27. The molecule has 2 aliphatic rings. The van der Waals surface area contributed by atoms with E-state index in [4.69, 9.17) is 4.74 Å². The number of nitrogens with zero attached hydrogens (tertiary/aromatic N) is 1. The number of anilines is 1. The fourth-order valence-corrected chi connectivity index (χ4v) is 4.03. The maximum absolute atomic E-state index is 12.2. The molecular weight excluding hydrogens is 332 g/mol. The van der Waals surface area contributed by atoms with Crippen LogP contribution in [0.3, 0.4) is 0 Å². The molecular formula is C20H18N2O4. The molecule has 0 aromatic heterocycles. The van der Waals surface area contributed by atoms with Crippen molar-refractivity contribution in [3.8, 4) is 0 Å². The minimum Gasteiger partial charge on any atom is -0.465 e. The summed E-state index contributed by atoms with van der Waals surface area (Å²) in [5.74, 6) is 0.130. The third-order valence-electron chi connectivity index (χ3n) is 5.27. The molecule has 2 aromatic carbocycles. The molecule has 0 amide bonds. The van der Waals surface area contributed by atoms with Gasteiger partial charge in [0, 0.05) is 18.1 Å². The lowest BCUT2D eigenvalue weighted by molar-refractivity contribution is -0.384. The van der Waals surface area contributed by atoms with Crippen molar-refractivity contribution in [2.24, 2.45) is 5.92 Å². The van der Waals surface area contributed by atoms with Gasteiger partial charge < -0.3 is 10.1 Å². The minimum absolute atomic E-state index is 0.0332. The number of non-ortho nitro benzene ring substituents is 1. The molecule has 3 atom stereocenters. The van der Waals surface area contributed by atoms with Gasteiger partial charge in [0.15, 0.2) is 0 Å². The number of benzene rings is 2. The summed E-state index contributed by atoms with van der Waals surface area (Å²) in [5, 5.41) is 14.4. The molecule has 6 nitrogen and oxygen atoms in total. The smallest absolute Gasteiger partial charge is 0.339 e. The minimum atomic E-state index is -0.400. The largest absolute Gasteiger partial charge is 0.465 e. The highest BCUT2D eigenvalue weighted by atomic mass is 16.6. The highest BCUT2D eigenvalue weighted by Gasteiger charge is 2.39. The van der Waals surface area contributed by atoms with Crippen molar-refractivity contribution in [1.29, 1.82) is 0 Å². The Labute approximate surface area is 150 Å². The fraction of sp³-hybridized carbons (Fsp3) is 0.250. The van der Waals surface area contributed by atoms with Gasteiger partial charge in [-0.15, -0.1) is 0 Å². The van der Waals surface area contributed by atoms with Gasteiger partial charge >= 0.3 is 5.97 Å². The Bertz CT molecular complexity index is 905. The van der Waals surface area contributed by atoms with Gasteiger partial charge in [-0.3, -0.25) is 10.1 Å². The van der Waals surface area contributed by atoms with Gasteiger partial charge in [0.2, 0.25) is 0 Å². The van der Waals surface area contributed by atoms with E-state index in [1.54, 1.807) is 18.2 Å². The van der Waals surface area contributed by atoms with E-state index in [0.717, 1.165) is 23.2 Å². The quantitative estimate of drug-likeness (QED) is 0.388. The molecule has 1 aliphatic carbocycles. The molecule has 26 heavy (non-hydrogen) atoms. The van der Waals surface area contributed by atoms with Crippen molar-refractivity contribution in [3.05, 3.63) is 81.4 Å². The summed E-state index contributed by atoms with van der Waals surface area (Å²) in [6, 6.07) is 12.3. The van der Waals surface area contributed by atoms with E-state index in [-0.39, 0.29) is 23.6 Å². The molecule has 0 radical (unpaired) electrons. The second-order valence-corrected chi connectivity index (χ2v) is 6.59. The van der Waals surface area contributed by atoms with E-state index in [1.165, 1.54) is 19.2 Å². The Hall–Kier alpha value is -3.15. The number of nitro groups is 1. The number of hydrogen-bond acceptors (Lipinski definition) is 5. The number of fused-ring (bicyclic) bond motifs is 3. The highest BCUT2D eigenvalue weighted by molar-refractivity contribution is 5.97. The van der Waals surface area contributed by atoms with Gasteiger partial charge in [-0.25, -0.2) is 4.79 Å². The molecule has 0 unspecified atom stereocenters. The van der Waals surface area contributed by atoms with Gasteiger partial charge in [-0.1, -0.05) is 36.4 Å². The first-order chi connectivity index (χ1) is 12.6. The zero-order chi connectivity index (χ0) is 18.3. The highest BCUT2D eigenvalue weighted by Crippen LogP contribution is 2.50. The zero-order valence-electron chi connectivity index (χ0n) is 14.2. The molecule has 132 valence electrons. The van der Waals surface area contributed by atoms with Crippen molar-refractivity contribution in [1.82, 2.24) is 0 Å². The summed E-state index contributed by atoms with van der Waals surface area (Å²) in [7, 11) is 1.37. The molecule has 0 spiro atoms. The average molecular weight is 350 g/mol. The number of allylic oxidation sites excluding steroid dienone is 2. The molecule has 0 fully saturated rings. The summed E-state index contributed by atoms with van der Waals surface area (Å²) < 4.78 is 4.92. The van der Waals surface area contributed by atoms with Gasteiger partial charge in [-0.2, -0.15) is 0 Å². The van der Waals surface area contributed by atoms with E-state index in [0.29, 0.717) is 11.5 Å². The summed E-state index contributed by atoms with van der Waals surface area (Å²) in [5.41, 5.74) is 3.43. The summed E-state index contributed by atoms with van der Waals surface area (Å²) >= 11 is 0. The SMILES string of the molecule is COC(=O)c1cccc2c1N[C@H](c1ccc([N+](=O)[O-])cc1)[C@H]1CC=C[C@@H]21. The van der Waals surface area contributed by atoms with Gasteiger partial charge in [-0.05, 0) is 29.5 Å². The molecule has 0 saturated heterocycles. The van der Waals surface area contributed by atoms with Crippen LogP contribution in [0.5, 0.6) is 0 Å². The first-order valence-corrected chi connectivity index (χ1v) is 8.49. The number of nitrogens with one attached hydrogen (secondary N) is 1. The van der Waals surface area contributed by atoms with Crippen LogP contribution in [0.1, 0.15) is 39.9 Å². The molecule has 6 heteroatoms. The predicted molar refractivity (Wildman–Crippen MR) is 97.2 cm³/mol. The first-order valence-electron chi connectivity index (χ1n) is 8.49. The number of nitro benzene ring substituents is 1. The molecule has 1 heterocycles. The molecule has 2 aromatic rings.